The molecule has 126 valence electrons. The van der Waals surface area contributed by atoms with E-state index >= 15 is 0 Å². The highest BCUT2D eigenvalue weighted by molar-refractivity contribution is 5.49. The number of rotatable bonds is 2. The number of aryl methyl sites for hydroxylation is 1. The molecule has 1 unspecified atom stereocenters. The Hall–Kier alpha value is -1.22. The summed E-state index contributed by atoms with van der Waals surface area (Å²) < 4.78 is 5.64. The van der Waals surface area contributed by atoms with Crippen molar-refractivity contribution in [3.05, 3.63) is 23.3 Å². The first-order valence-corrected chi connectivity index (χ1v) is 9.28. The smallest absolute Gasteiger partial charge is 0.161 e. The summed E-state index contributed by atoms with van der Waals surface area (Å²) in [6.07, 6.45) is 7.29. The normalized spacial score (nSPS) is 38.6. The van der Waals surface area contributed by atoms with Crippen molar-refractivity contribution < 1.29 is 9.84 Å². The van der Waals surface area contributed by atoms with Gasteiger partial charge in [0, 0.05) is 6.04 Å². The van der Waals surface area contributed by atoms with E-state index in [9.17, 15) is 5.11 Å². The van der Waals surface area contributed by atoms with Crippen molar-refractivity contribution in [1.29, 1.82) is 0 Å². The summed E-state index contributed by atoms with van der Waals surface area (Å²) in [5.41, 5.74) is 9.58. The summed E-state index contributed by atoms with van der Waals surface area (Å²) in [7, 11) is 0. The molecule has 3 nitrogen and oxygen atoms in total. The van der Waals surface area contributed by atoms with Crippen molar-refractivity contribution >= 4 is 0 Å². The van der Waals surface area contributed by atoms with Crippen LogP contribution < -0.4 is 10.5 Å². The fourth-order valence-electron chi connectivity index (χ4n) is 5.90. The Morgan fingerprint density at radius 3 is 2.87 bits per heavy atom. The van der Waals surface area contributed by atoms with E-state index in [0.717, 1.165) is 18.3 Å². The zero-order chi connectivity index (χ0) is 16.2. The van der Waals surface area contributed by atoms with Gasteiger partial charge < -0.3 is 15.6 Å². The number of fused-ring (bicyclic) bond motifs is 5. The first-order valence-electron chi connectivity index (χ1n) is 9.28. The average Bonchev–Trinajstić information content (AvgIpc) is 2.84. The van der Waals surface area contributed by atoms with Crippen LogP contribution in [-0.4, -0.2) is 17.8 Å². The van der Waals surface area contributed by atoms with Crippen molar-refractivity contribution in [3.8, 4) is 11.5 Å². The van der Waals surface area contributed by atoms with Crippen LogP contribution in [0.25, 0.3) is 0 Å². The lowest BCUT2D eigenvalue weighted by molar-refractivity contribution is 0.0495. The molecule has 3 N–H and O–H groups in total. The van der Waals surface area contributed by atoms with E-state index in [1.54, 1.807) is 0 Å². The highest BCUT2D eigenvalue weighted by Crippen LogP contribution is 2.60. The maximum absolute atomic E-state index is 10.2. The number of nitrogens with two attached hydrogens (primary N) is 1. The number of hydrogen-bond donors (Lipinski definition) is 2. The molecule has 5 atom stereocenters. The van der Waals surface area contributed by atoms with Crippen molar-refractivity contribution in [2.75, 3.05) is 6.61 Å². The highest BCUT2D eigenvalue weighted by Gasteiger charge is 2.53. The molecule has 0 amide bonds. The van der Waals surface area contributed by atoms with E-state index in [-0.39, 0.29) is 0 Å². The SMILES string of the molecule is CCOc1cc2c(cc1O)CC[C@@H]1[C@@H]2CC[C@]2(C)C(N)CC[C@@H]12. The second kappa shape index (κ2) is 5.41. The van der Waals surface area contributed by atoms with E-state index < -0.39 is 0 Å². The zero-order valence-electron chi connectivity index (χ0n) is 14.3. The second-order valence-corrected chi connectivity index (χ2v) is 8.10. The molecule has 0 spiro atoms. The quantitative estimate of drug-likeness (QED) is 0.868. The van der Waals surface area contributed by atoms with E-state index in [1.165, 1.54) is 43.2 Å². The summed E-state index contributed by atoms with van der Waals surface area (Å²) in [4.78, 5) is 0. The molecule has 23 heavy (non-hydrogen) atoms. The zero-order valence-corrected chi connectivity index (χ0v) is 14.3. The van der Waals surface area contributed by atoms with E-state index in [2.05, 4.69) is 13.0 Å². The Labute approximate surface area is 139 Å². The maximum Gasteiger partial charge on any atom is 0.161 e. The molecular formula is C20H29NO2. The second-order valence-electron chi connectivity index (χ2n) is 8.10. The minimum Gasteiger partial charge on any atom is -0.504 e. The first kappa shape index (κ1) is 15.3. The van der Waals surface area contributed by atoms with Crippen molar-refractivity contribution in [3.63, 3.8) is 0 Å². The number of benzene rings is 1. The molecule has 0 aromatic heterocycles. The monoisotopic (exact) mass is 315 g/mol. The average molecular weight is 315 g/mol. The van der Waals surface area contributed by atoms with Gasteiger partial charge in [-0.1, -0.05) is 6.92 Å². The molecule has 0 radical (unpaired) electrons. The van der Waals surface area contributed by atoms with Gasteiger partial charge in [0.1, 0.15) is 0 Å². The maximum atomic E-state index is 10.2. The van der Waals surface area contributed by atoms with Crippen LogP contribution in [0.2, 0.25) is 0 Å². The van der Waals surface area contributed by atoms with Crippen LogP contribution in [0.3, 0.4) is 0 Å². The van der Waals surface area contributed by atoms with Gasteiger partial charge >= 0.3 is 0 Å². The molecule has 1 aromatic carbocycles. The van der Waals surface area contributed by atoms with Gasteiger partial charge in [-0.05, 0) is 91.9 Å². The molecule has 0 heterocycles. The largest absolute Gasteiger partial charge is 0.504 e. The molecule has 4 rings (SSSR count). The highest BCUT2D eigenvalue weighted by atomic mass is 16.5. The molecule has 3 aliphatic carbocycles. The fraction of sp³-hybridized carbons (Fsp3) is 0.700. The van der Waals surface area contributed by atoms with Crippen LogP contribution in [0, 0.1) is 17.3 Å². The standard InChI is InChI=1S/C20H29NO2/c1-3-23-18-11-15-12(10-17(18)22)4-5-14-13(15)8-9-20(2)16(14)6-7-19(20)21/h10-11,13-14,16,19,22H,3-9,21H2,1-2H3/t13-,14+,16-,19?,20-/m0/s1. The van der Waals surface area contributed by atoms with Gasteiger partial charge in [0.25, 0.3) is 0 Å². The number of hydrogen-bond acceptors (Lipinski definition) is 3. The Balaban J connectivity index is 1.70. The molecule has 2 saturated carbocycles. The van der Waals surface area contributed by atoms with Gasteiger partial charge in [-0.25, -0.2) is 0 Å². The van der Waals surface area contributed by atoms with Gasteiger partial charge in [0.15, 0.2) is 11.5 Å². The number of phenols is 1. The third-order valence-electron chi connectivity index (χ3n) is 7.18. The number of phenolic OH excluding ortho intramolecular Hbond substituents is 1. The molecule has 0 bridgehead atoms. The molecule has 0 saturated heterocycles. The number of aromatic hydroxyl groups is 1. The predicted octanol–water partition coefficient (Wildman–Crippen LogP) is 3.97. The molecule has 3 heteroatoms. The fourth-order valence-corrected chi connectivity index (χ4v) is 5.90. The van der Waals surface area contributed by atoms with Crippen LogP contribution in [-0.2, 0) is 6.42 Å². The van der Waals surface area contributed by atoms with E-state index in [1.807, 2.05) is 13.0 Å². The molecular weight excluding hydrogens is 286 g/mol. The molecule has 2 fully saturated rings. The van der Waals surface area contributed by atoms with Crippen molar-refractivity contribution in [2.45, 2.75) is 64.3 Å². The Morgan fingerprint density at radius 2 is 2.09 bits per heavy atom. The molecule has 0 aliphatic heterocycles. The van der Waals surface area contributed by atoms with E-state index in [4.69, 9.17) is 10.5 Å². The van der Waals surface area contributed by atoms with Crippen LogP contribution in [0.15, 0.2) is 12.1 Å². The predicted molar refractivity (Wildman–Crippen MR) is 91.9 cm³/mol. The Morgan fingerprint density at radius 1 is 1.26 bits per heavy atom. The van der Waals surface area contributed by atoms with Crippen molar-refractivity contribution in [1.82, 2.24) is 0 Å². The first-order chi connectivity index (χ1) is 11.0. The lowest BCUT2D eigenvalue weighted by atomic mass is 9.55. The van der Waals surface area contributed by atoms with Gasteiger partial charge in [-0.15, -0.1) is 0 Å². The van der Waals surface area contributed by atoms with E-state index in [0.29, 0.717) is 35.5 Å². The van der Waals surface area contributed by atoms with Crippen LogP contribution in [0.5, 0.6) is 11.5 Å². The molecule has 3 aliphatic rings. The minimum absolute atomic E-state index is 0.299. The van der Waals surface area contributed by atoms with Gasteiger partial charge in [-0.3, -0.25) is 0 Å². The minimum atomic E-state index is 0.299. The topological polar surface area (TPSA) is 55.5 Å². The third kappa shape index (κ3) is 2.20. The third-order valence-corrected chi connectivity index (χ3v) is 7.18. The van der Waals surface area contributed by atoms with Crippen molar-refractivity contribution in [2.24, 2.45) is 23.0 Å². The Bertz CT molecular complexity index is 614. The van der Waals surface area contributed by atoms with Crippen LogP contribution in [0.4, 0.5) is 0 Å². The summed E-state index contributed by atoms with van der Waals surface area (Å²) in [6.45, 7) is 4.99. The van der Waals surface area contributed by atoms with Gasteiger partial charge in [0.05, 0.1) is 6.61 Å². The summed E-state index contributed by atoms with van der Waals surface area (Å²) in [5, 5.41) is 10.2. The van der Waals surface area contributed by atoms with Gasteiger partial charge in [0.2, 0.25) is 0 Å². The summed E-state index contributed by atoms with van der Waals surface area (Å²) in [5.74, 6) is 3.11. The van der Waals surface area contributed by atoms with Crippen LogP contribution in [0.1, 0.15) is 63.0 Å². The van der Waals surface area contributed by atoms with Crippen LogP contribution >= 0.6 is 0 Å². The summed E-state index contributed by atoms with van der Waals surface area (Å²) in [6, 6.07) is 4.46. The number of ether oxygens (including phenoxy) is 1. The van der Waals surface area contributed by atoms with Gasteiger partial charge in [-0.2, -0.15) is 0 Å². The lowest BCUT2D eigenvalue weighted by Crippen LogP contribution is -2.46. The Kier molecular flexibility index (Phi) is 3.60. The summed E-state index contributed by atoms with van der Waals surface area (Å²) >= 11 is 0. The lowest BCUT2D eigenvalue weighted by Gasteiger charge is -2.50. The molecule has 1 aromatic rings.